The molecule has 26 heavy (non-hydrogen) atoms. The zero-order valence-corrected chi connectivity index (χ0v) is 16.5. The number of hydrogen-bond acceptors (Lipinski definition) is 2. The van der Waals surface area contributed by atoms with Crippen molar-refractivity contribution in [3.63, 3.8) is 0 Å². The van der Waals surface area contributed by atoms with Gasteiger partial charge in [0.2, 0.25) is 0 Å². The van der Waals surface area contributed by atoms with Gasteiger partial charge in [-0.3, -0.25) is 4.79 Å². The molecule has 0 radical (unpaired) electrons. The van der Waals surface area contributed by atoms with Crippen LogP contribution in [0.4, 0.5) is 16.2 Å². The molecule has 0 aliphatic rings. The SMILES string of the molecule is CC[C@@H](C)NC(=O)c1ccc(Cl)c(NC(=O)Nc2ccc(Cl)c(Cl)c2)c1. The molecule has 2 rings (SSSR count). The van der Waals surface area contributed by atoms with E-state index in [2.05, 4.69) is 16.0 Å². The summed E-state index contributed by atoms with van der Waals surface area (Å²) in [6.45, 7) is 3.89. The Morgan fingerprint density at radius 1 is 0.962 bits per heavy atom. The highest BCUT2D eigenvalue weighted by Crippen LogP contribution is 2.26. The molecule has 0 aliphatic carbocycles. The van der Waals surface area contributed by atoms with Gasteiger partial charge in [0.15, 0.2) is 0 Å². The molecule has 0 aromatic heterocycles. The van der Waals surface area contributed by atoms with Crippen molar-refractivity contribution in [1.29, 1.82) is 0 Å². The first-order chi connectivity index (χ1) is 12.3. The van der Waals surface area contributed by atoms with Crippen LogP contribution >= 0.6 is 34.8 Å². The highest BCUT2D eigenvalue weighted by molar-refractivity contribution is 6.42. The molecule has 1 atom stereocenters. The molecule has 0 spiro atoms. The van der Waals surface area contributed by atoms with Crippen molar-refractivity contribution in [3.8, 4) is 0 Å². The van der Waals surface area contributed by atoms with E-state index in [4.69, 9.17) is 34.8 Å². The molecular formula is C18H18Cl3N3O2. The third-order valence-electron chi connectivity index (χ3n) is 3.64. The average Bonchev–Trinajstić information content (AvgIpc) is 2.59. The minimum Gasteiger partial charge on any atom is -0.350 e. The van der Waals surface area contributed by atoms with Crippen LogP contribution in [-0.2, 0) is 0 Å². The van der Waals surface area contributed by atoms with E-state index in [-0.39, 0.29) is 11.9 Å². The molecule has 138 valence electrons. The van der Waals surface area contributed by atoms with E-state index < -0.39 is 6.03 Å². The van der Waals surface area contributed by atoms with E-state index in [0.717, 1.165) is 6.42 Å². The molecule has 5 nitrogen and oxygen atoms in total. The number of carbonyl (C=O) groups is 2. The summed E-state index contributed by atoms with van der Waals surface area (Å²) in [4.78, 5) is 24.4. The Bertz CT molecular complexity index is 827. The van der Waals surface area contributed by atoms with Crippen LogP contribution in [0.2, 0.25) is 15.1 Å². The molecule has 0 saturated heterocycles. The van der Waals surface area contributed by atoms with Gasteiger partial charge < -0.3 is 16.0 Å². The van der Waals surface area contributed by atoms with Gasteiger partial charge in [-0.2, -0.15) is 0 Å². The van der Waals surface area contributed by atoms with Gasteiger partial charge in [0.25, 0.3) is 5.91 Å². The fraction of sp³-hybridized carbons (Fsp3) is 0.222. The Kier molecular flexibility index (Phi) is 7.14. The van der Waals surface area contributed by atoms with Gasteiger partial charge in [-0.1, -0.05) is 41.7 Å². The fourth-order valence-corrected chi connectivity index (χ4v) is 2.49. The van der Waals surface area contributed by atoms with E-state index in [1.807, 2.05) is 13.8 Å². The Morgan fingerprint density at radius 3 is 2.31 bits per heavy atom. The average molecular weight is 415 g/mol. The normalized spacial score (nSPS) is 11.6. The summed E-state index contributed by atoms with van der Waals surface area (Å²) in [6.07, 6.45) is 0.816. The first kappa shape index (κ1) is 20.4. The van der Waals surface area contributed by atoms with Crippen molar-refractivity contribution in [2.75, 3.05) is 10.6 Å². The van der Waals surface area contributed by atoms with Crippen molar-refractivity contribution in [3.05, 3.63) is 57.0 Å². The Labute approximate surface area is 167 Å². The van der Waals surface area contributed by atoms with Gasteiger partial charge in [-0.05, 0) is 49.7 Å². The number of carbonyl (C=O) groups excluding carboxylic acids is 2. The van der Waals surface area contributed by atoms with Crippen molar-refractivity contribution in [2.45, 2.75) is 26.3 Å². The molecule has 0 saturated carbocycles. The first-order valence-electron chi connectivity index (χ1n) is 7.93. The molecule has 2 aromatic carbocycles. The second-order valence-electron chi connectivity index (χ2n) is 5.69. The number of hydrogen-bond donors (Lipinski definition) is 3. The van der Waals surface area contributed by atoms with Crippen molar-refractivity contribution in [2.24, 2.45) is 0 Å². The topological polar surface area (TPSA) is 70.2 Å². The molecule has 2 aromatic rings. The van der Waals surface area contributed by atoms with Crippen LogP contribution in [0.3, 0.4) is 0 Å². The van der Waals surface area contributed by atoms with E-state index in [1.165, 1.54) is 12.1 Å². The minimum absolute atomic E-state index is 0.0486. The Morgan fingerprint density at radius 2 is 1.65 bits per heavy atom. The van der Waals surface area contributed by atoms with Crippen LogP contribution in [0.1, 0.15) is 30.6 Å². The zero-order chi connectivity index (χ0) is 19.3. The lowest BCUT2D eigenvalue weighted by Crippen LogP contribution is -2.32. The van der Waals surface area contributed by atoms with Crippen LogP contribution in [0.25, 0.3) is 0 Å². The standard InChI is InChI=1S/C18H18Cl3N3O2/c1-3-10(2)22-17(25)11-4-6-14(20)16(8-11)24-18(26)23-12-5-7-13(19)15(21)9-12/h4-10H,3H2,1-2H3,(H,22,25)(H2,23,24,26)/t10-/m1/s1. The largest absolute Gasteiger partial charge is 0.350 e. The summed E-state index contributed by atoms with van der Waals surface area (Å²) < 4.78 is 0. The highest BCUT2D eigenvalue weighted by atomic mass is 35.5. The summed E-state index contributed by atoms with van der Waals surface area (Å²) in [5, 5.41) is 9.13. The maximum atomic E-state index is 12.2. The maximum Gasteiger partial charge on any atom is 0.323 e. The van der Waals surface area contributed by atoms with Crippen LogP contribution < -0.4 is 16.0 Å². The van der Waals surface area contributed by atoms with Gasteiger partial charge in [-0.25, -0.2) is 4.79 Å². The molecular weight excluding hydrogens is 397 g/mol. The van der Waals surface area contributed by atoms with Crippen molar-refractivity contribution >= 4 is 58.1 Å². The molecule has 0 fully saturated rings. The summed E-state index contributed by atoms with van der Waals surface area (Å²) in [5.41, 5.74) is 1.19. The van der Waals surface area contributed by atoms with Crippen LogP contribution in [0, 0.1) is 0 Å². The predicted molar refractivity (Wildman–Crippen MR) is 108 cm³/mol. The number of urea groups is 1. The molecule has 8 heteroatoms. The van der Waals surface area contributed by atoms with Gasteiger partial charge in [0.1, 0.15) is 0 Å². The van der Waals surface area contributed by atoms with E-state index in [9.17, 15) is 9.59 Å². The fourth-order valence-electron chi connectivity index (χ4n) is 2.03. The van der Waals surface area contributed by atoms with Crippen molar-refractivity contribution in [1.82, 2.24) is 5.32 Å². The van der Waals surface area contributed by atoms with Crippen molar-refractivity contribution < 1.29 is 9.59 Å². The van der Waals surface area contributed by atoms with Gasteiger partial charge >= 0.3 is 6.03 Å². The number of benzene rings is 2. The van der Waals surface area contributed by atoms with Crippen LogP contribution in [0.15, 0.2) is 36.4 Å². The monoisotopic (exact) mass is 413 g/mol. The molecule has 0 unspecified atom stereocenters. The van der Waals surface area contributed by atoms with Crippen LogP contribution in [0.5, 0.6) is 0 Å². The highest BCUT2D eigenvalue weighted by Gasteiger charge is 2.13. The predicted octanol–water partition coefficient (Wildman–Crippen LogP) is 5.82. The second kappa shape index (κ2) is 9.12. The lowest BCUT2D eigenvalue weighted by Gasteiger charge is -2.13. The number of nitrogens with one attached hydrogen (secondary N) is 3. The quantitative estimate of drug-likeness (QED) is 0.577. The number of halogens is 3. The van der Waals surface area contributed by atoms with Crippen LogP contribution in [-0.4, -0.2) is 18.0 Å². The minimum atomic E-state index is -0.523. The number of anilines is 2. The molecule has 3 N–H and O–H groups in total. The lowest BCUT2D eigenvalue weighted by molar-refractivity contribution is 0.0939. The second-order valence-corrected chi connectivity index (χ2v) is 6.91. The molecule has 0 aliphatic heterocycles. The molecule has 0 bridgehead atoms. The molecule has 0 heterocycles. The van der Waals surface area contributed by atoms with E-state index in [1.54, 1.807) is 24.3 Å². The number of rotatable bonds is 5. The Hall–Kier alpha value is -1.95. The third kappa shape index (κ3) is 5.53. The summed E-state index contributed by atoms with van der Waals surface area (Å²) in [6, 6.07) is 8.93. The summed E-state index contributed by atoms with van der Waals surface area (Å²) >= 11 is 17.9. The van der Waals surface area contributed by atoms with E-state index >= 15 is 0 Å². The smallest absolute Gasteiger partial charge is 0.323 e. The Balaban J connectivity index is 2.10. The maximum absolute atomic E-state index is 12.2. The summed E-state index contributed by atoms with van der Waals surface area (Å²) in [5.74, 6) is -0.232. The first-order valence-corrected chi connectivity index (χ1v) is 9.07. The van der Waals surface area contributed by atoms with Gasteiger partial charge in [0.05, 0.1) is 20.8 Å². The third-order valence-corrected chi connectivity index (χ3v) is 4.71. The van der Waals surface area contributed by atoms with E-state index in [0.29, 0.717) is 32.0 Å². The number of amides is 3. The lowest BCUT2D eigenvalue weighted by atomic mass is 10.1. The van der Waals surface area contributed by atoms with Gasteiger partial charge in [0, 0.05) is 17.3 Å². The zero-order valence-electron chi connectivity index (χ0n) is 14.2. The molecule has 3 amide bonds. The summed E-state index contributed by atoms with van der Waals surface area (Å²) in [7, 11) is 0. The van der Waals surface area contributed by atoms with Gasteiger partial charge in [-0.15, -0.1) is 0 Å².